The Labute approximate surface area is 132 Å². The Hall–Kier alpha value is -3.21. The summed E-state index contributed by atoms with van der Waals surface area (Å²) < 4.78 is 0. The van der Waals surface area contributed by atoms with Gasteiger partial charge in [0.25, 0.3) is 11.6 Å². The van der Waals surface area contributed by atoms with Crippen LogP contribution in [-0.4, -0.2) is 10.8 Å². The van der Waals surface area contributed by atoms with Crippen LogP contribution in [0.2, 0.25) is 0 Å². The molecule has 3 aromatic carbocycles. The first kappa shape index (κ1) is 14.7. The zero-order chi connectivity index (χ0) is 16.2. The molecule has 0 aromatic heterocycles. The first-order chi connectivity index (χ1) is 11.2. The first-order valence-electron chi connectivity index (χ1n) is 7.15. The summed E-state index contributed by atoms with van der Waals surface area (Å²) in [6, 6.07) is 19.7. The Bertz CT molecular complexity index is 885. The Balaban J connectivity index is 1.83. The zero-order valence-corrected chi connectivity index (χ0v) is 12.2. The molecule has 0 spiro atoms. The molecule has 0 bridgehead atoms. The van der Waals surface area contributed by atoms with Gasteiger partial charge in [-0.05, 0) is 22.4 Å². The minimum Gasteiger partial charge on any atom is -0.348 e. The van der Waals surface area contributed by atoms with Gasteiger partial charge >= 0.3 is 0 Å². The molecular weight excluding hydrogens is 292 g/mol. The van der Waals surface area contributed by atoms with E-state index in [-0.39, 0.29) is 11.3 Å². The standard InChI is InChI=1S/C18H14N2O3/c21-18(16-10-3-4-11-17(16)20(22)23)19-12-14-8-5-7-13-6-1-2-9-15(13)14/h1-11H,12H2,(H,19,21). The van der Waals surface area contributed by atoms with Gasteiger partial charge in [0.05, 0.1) is 4.92 Å². The van der Waals surface area contributed by atoms with E-state index in [1.54, 1.807) is 12.1 Å². The lowest BCUT2D eigenvalue weighted by molar-refractivity contribution is -0.385. The molecule has 0 fully saturated rings. The molecule has 3 rings (SSSR count). The van der Waals surface area contributed by atoms with Crippen molar-refractivity contribution in [1.29, 1.82) is 0 Å². The van der Waals surface area contributed by atoms with Gasteiger partial charge in [0, 0.05) is 12.6 Å². The zero-order valence-electron chi connectivity index (χ0n) is 12.2. The summed E-state index contributed by atoms with van der Waals surface area (Å²) in [6.07, 6.45) is 0. The van der Waals surface area contributed by atoms with E-state index in [1.165, 1.54) is 12.1 Å². The highest BCUT2D eigenvalue weighted by Gasteiger charge is 2.18. The Morgan fingerprint density at radius 3 is 2.48 bits per heavy atom. The molecule has 5 heteroatoms. The number of carbonyl (C=O) groups is 1. The van der Waals surface area contributed by atoms with E-state index in [4.69, 9.17) is 0 Å². The average Bonchev–Trinajstić information content (AvgIpc) is 2.59. The van der Waals surface area contributed by atoms with E-state index in [0.29, 0.717) is 6.54 Å². The number of nitro benzene ring substituents is 1. The van der Waals surface area contributed by atoms with Crippen LogP contribution in [0.15, 0.2) is 66.7 Å². The van der Waals surface area contributed by atoms with Crippen LogP contribution >= 0.6 is 0 Å². The van der Waals surface area contributed by atoms with Crippen molar-refractivity contribution >= 4 is 22.4 Å². The van der Waals surface area contributed by atoms with Gasteiger partial charge in [0.15, 0.2) is 0 Å². The highest BCUT2D eigenvalue weighted by Crippen LogP contribution is 2.20. The van der Waals surface area contributed by atoms with Gasteiger partial charge in [-0.25, -0.2) is 0 Å². The van der Waals surface area contributed by atoms with Gasteiger partial charge in [0.1, 0.15) is 5.56 Å². The lowest BCUT2D eigenvalue weighted by Gasteiger charge is -2.08. The molecule has 0 aliphatic heterocycles. The van der Waals surface area contributed by atoms with E-state index in [2.05, 4.69) is 5.32 Å². The molecule has 5 nitrogen and oxygen atoms in total. The molecular formula is C18H14N2O3. The first-order valence-corrected chi connectivity index (χ1v) is 7.15. The number of nitro groups is 1. The molecule has 0 saturated carbocycles. The summed E-state index contributed by atoms with van der Waals surface area (Å²) in [5.41, 5.74) is 0.843. The molecule has 0 saturated heterocycles. The van der Waals surface area contributed by atoms with Crippen molar-refractivity contribution in [3.05, 3.63) is 88.0 Å². The number of hydrogen-bond donors (Lipinski definition) is 1. The largest absolute Gasteiger partial charge is 0.348 e. The second kappa shape index (κ2) is 6.27. The van der Waals surface area contributed by atoms with Crippen LogP contribution < -0.4 is 5.32 Å². The van der Waals surface area contributed by atoms with Crippen molar-refractivity contribution in [3.8, 4) is 0 Å². The Morgan fingerprint density at radius 2 is 1.65 bits per heavy atom. The molecule has 0 heterocycles. The SMILES string of the molecule is O=C(NCc1cccc2ccccc12)c1ccccc1[N+](=O)[O-]. The third-order valence-corrected chi connectivity index (χ3v) is 3.66. The highest BCUT2D eigenvalue weighted by molar-refractivity contribution is 5.98. The van der Waals surface area contributed by atoms with E-state index in [1.807, 2.05) is 42.5 Å². The van der Waals surface area contributed by atoms with Gasteiger partial charge in [0.2, 0.25) is 0 Å². The molecule has 1 amide bonds. The predicted molar refractivity (Wildman–Crippen MR) is 88.2 cm³/mol. The quantitative estimate of drug-likeness (QED) is 0.590. The smallest absolute Gasteiger partial charge is 0.282 e. The minimum absolute atomic E-state index is 0.0673. The van der Waals surface area contributed by atoms with Crippen molar-refractivity contribution in [2.75, 3.05) is 0 Å². The summed E-state index contributed by atoms with van der Waals surface area (Å²) in [4.78, 5) is 22.7. The Morgan fingerprint density at radius 1 is 0.957 bits per heavy atom. The van der Waals surface area contributed by atoms with Crippen LogP contribution in [0.1, 0.15) is 15.9 Å². The number of hydrogen-bond acceptors (Lipinski definition) is 3. The van der Waals surface area contributed by atoms with Gasteiger partial charge in [-0.2, -0.15) is 0 Å². The van der Waals surface area contributed by atoms with E-state index >= 15 is 0 Å². The summed E-state index contributed by atoms with van der Waals surface area (Å²) >= 11 is 0. The molecule has 0 atom stereocenters. The van der Waals surface area contributed by atoms with Gasteiger partial charge in [-0.3, -0.25) is 14.9 Å². The number of carbonyl (C=O) groups excluding carboxylic acids is 1. The summed E-state index contributed by atoms with van der Waals surface area (Å²) in [5, 5.41) is 15.9. The summed E-state index contributed by atoms with van der Waals surface area (Å²) in [6.45, 7) is 0.312. The van der Waals surface area contributed by atoms with Crippen LogP contribution in [0.25, 0.3) is 10.8 Å². The number of amides is 1. The summed E-state index contributed by atoms with van der Waals surface area (Å²) in [5.74, 6) is -0.453. The molecule has 23 heavy (non-hydrogen) atoms. The van der Waals surface area contributed by atoms with Crippen molar-refractivity contribution in [1.82, 2.24) is 5.32 Å². The minimum atomic E-state index is -0.549. The maximum absolute atomic E-state index is 12.3. The topological polar surface area (TPSA) is 72.2 Å². The van der Waals surface area contributed by atoms with Gasteiger partial charge in [-0.1, -0.05) is 54.6 Å². The molecule has 114 valence electrons. The Kier molecular flexibility index (Phi) is 4.01. The monoisotopic (exact) mass is 306 g/mol. The molecule has 0 radical (unpaired) electrons. The fraction of sp³-hybridized carbons (Fsp3) is 0.0556. The number of para-hydroxylation sites is 1. The molecule has 0 unspecified atom stereocenters. The predicted octanol–water partition coefficient (Wildman–Crippen LogP) is 3.68. The molecule has 3 aromatic rings. The number of nitrogens with one attached hydrogen (secondary N) is 1. The number of rotatable bonds is 4. The molecule has 1 N–H and O–H groups in total. The third-order valence-electron chi connectivity index (χ3n) is 3.66. The van der Waals surface area contributed by atoms with E-state index in [9.17, 15) is 14.9 Å². The van der Waals surface area contributed by atoms with Gasteiger partial charge < -0.3 is 5.32 Å². The maximum atomic E-state index is 12.3. The normalized spacial score (nSPS) is 10.4. The fourth-order valence-electron chi connectivity index (χ4n) is 2.54. The van der Waals surface area contributed by atoms with Gasteiger partial charge in [-0.15, -0.1) is 0 Å². The van der Waals surface area contributed by atoms with Crippen molar-refractivity contribution in [2.45, 2.75) is 6.54 Å². The number of nitrogens with zero attached hydrogens (tertiary/aromatic N) is 1. The van der Waals surface area contributed by atoms with Crippen LogP contribution in [-0.2, 0) is 6.54 Å². The lowest BCUT2D eigenvalue weighted by atomic mass is 10.0. The van der Waals surface area contributed by atoms with Crippen LogP contribution in [0.4, 0.5) is 5.69 Å². The third kappa shape index (κ3) is 3.03. The fourth-order valence-corrected chi connectivity index (χ4v) is 2.54. The second-order valence-electron chi connectivity index (χ2n) is 5.10. The lowest BCUT2D eigenvalue weighted by Crippen LogP contribution is -2.23. The molecule has 0 aliphatic carbocycles. The van der Waals surface area contributed by atoms with Crippen molar-refractivity contribution in [2.24, 2.45) is 0 Å². The van der Waals surface area contributed by atoms with Crippen molar-refractivity contribution < 1.29 is 9.72 Å². The number of benzene rings is 3. The maximum Gasteiger partial charge on any atom is 0.282 e. The second-order valence-corrected chi connectivity index (χ2v) is 5.10. The highest BCUT2D eigenvalue weighted by atomic mass is 16.6. The van der Waals surface area contributed by atoms with Crippen LogP contribution in [0, 0.1) is 10.1 Å². The van der Waals surface area contributed by atoms with E-state index in [0.717, 1.165) is 16.3 Å². The van der Waals surface area contributed by atoms with Crippen molar-refractivity contribution in [3.63, 3.8) is 0 Å². The van der Waals surface area contributed by atoms with Crippen LogP contribution in [0.5, 0.6) is 0 Å². The van der Waals surface area contributed by atoms with Crippen LogP contribution in [0.3, 0.4) is 0 Å². The summed E-state index contributed by atoms with van der Waals surface area (Å²) in [7, 11) is 0. The average molecular weight is 306 g/mol. The molecule has 0 aliphatic rings. The number of fused-ring (bicyclic) bond motifs is 1. The van der Waals surface area contributed by atoms with E-state index < -0.39 is 10.8 Å².